The van der Waals surface area contributed by atoms with E-state index in [0.29, 0.717) is 0 Å². The third-order valence-corrected chi connectivity index (χ3v) is 8.84. The molecule has 0 unspecified atom stereocenters. The van der Waals surface area contributed by atoms with Gasteiger partial charge < -0.3 is 4.42 Å². The summed E-state index contributed by atoms with van der Waals surface area (Å²) < 4.78 is 6.35. The van der Waals surface area contributed by atoms with Crippen LogP contribution in [0.25, 0.3) is 87.6 Å². The van der Waals surface area contributed by atoms with Crippen molar-refractivity contribution in [2.24, 2.45) is 0 Å². The molecule has 0 saturated heterocycles. The van der Waals surface area contributed by atoms with Gasteiger partial charge in [-0.1, -0.05) is 127 Å². The average Bonchev–Trinajstić information content (AvgIpc) is 3.51. The molecule has 8 aromatic carbocycles. The average molecular weight is 547 g/mol. The largest absolute Gasteiger partial charge is 0.456 e. The van der Waals surface area contributed by atoms with Gasteiger partial charge in [0.25, 0.3) is 0 Å². The first-order valence-electron chi connectivity index (χ1n) is 14.8. The maximum atomic E-state index is 6.35. The number of fused-ring (bicyclic) bond motifs is 8. The molecule has 0 aliphatic rings. The van der Waals surface area contributed by atoms with Crippen molar-refractivity contribution in [3.05, 3.63) is 158 Å². The molecule has 9 aromatic rings. The Bertz CT molecular complexity index is 2470. The van der Waals surface area contributed by atoms with Crippen LogP contribution in [0.3, 0.4) is 0 Å². The van der Waals surface area contributed by atoms with E-state index in [2.05, 4.69) is 158 Å². The summed E-state index contributed by atoms with van der Waals surface area (Å²) in [6.07, 6.45) is 0. The van der Waals surface area contributed by atoms with Crippen molar-refractivity contribution in [3.8, 4) is 33.6 Å². The van der Waals surface area contributed by atoms with Crippen molar-refractivity contribution in [1.29, 1.82) is 0 Å². The molecule has 43 heavy (non-hydrogen) atoms. The maximum absolute atomic E-state index is 6.35. The molecule has 0 fully saturated rings. The molecular formula is C42H26O. The molecule has 0 atom stereocenters. The van der Waals surface area contributed by atoms with E-state index in [-0.39, 0.29) is 0 Å². The molecule has 0 radical (unpaired) electrons. The van der Waals surface area contributed by atoms with Crippen LogP contribution in [0, 0.1) is 0 Å². The normalized spacial score (nSPS) is 11.7. The fraction of sp³-hybridized carbons (Fsp3) is 0. The molecule has 9 rings (SSSR count). The zero-order valence-corrected chi connectivity index (χ0v) is 23.4. The second kappa shape index (κ2) is 9.44. The lowest BCUT2D eigenvalue weighted by Crippen LogP contribution is -1.85. The molecule has 1 aromatic heterocycles. The molecule has 0 aliphatic carbocycles. The summed E-state index contributed by atoms with van der Waals surface area (Å²) in [5.41, 5.74) is 6.82. The fourth-order valence-electron chi connectivity index (χ4n) is 6.76. The Morgan fingerprint density at radius 2 is 0.837 bits per heavy atom. The zero-order chi connectivity index (χ0) is 28.3. The first-order valence-corrected chi connectivity index (χ1v) is 14.8. The topological polar surface area (TPSA) is 13.1 Å². The van der Waals surface area contributed by atoms with Crippen molar-refractivity contribution in [2.75, 3.05) is 0 Å². The third-order valence-electron chi connectivity index (χ3n) is 8.84. The number of hydrogen-bond donors (Lipinski definition) is 0. The van der Waals surface area contributed by atoms with Crippen LogP contribution in [0.4, 0.5) is 0 Å². The Morgan fingerprint density at radius 1 is 0.302 bits per heavy atom. The lowest BCUT2D eigenvalue weighted by atomic mass is 9.91. The van der Waals surface area contributed by atoms with Gasteiger partial charge in [-0.25, -0.2) is 0 Å². The van der Waals surface area contributed by atoms with Gasteiger partial charge in [0.2, 0.25) is 0 Å². The smallest absolute Gasteiger partial charge is 0.136 e. The Labute approximate surface area is 249 Å². The van der Waals surface area contributed by atoms with Crippen LogP contribution in [0.2, 0.25) is 0 Å². The second-order valence-corrected chi connectivity index (χ2v) is 11.3. The first-order chi connectivity index (χ1) is 21.3. The van der Waals surface area contributed by atoms with Gasteiger partial charge in [0, 0.05) is 10.9 Å². The molecule has 0 bridgehead atoms. The monoisotopic (exact) mass is 546 g/mol. The summed E-state index contributed by atoms with van der Waals surface area (Å²) >= 11 is 0. The van der Waals surface area contributed by atoms with E-state index >= 15 is 0 Å². The molecule has 0 amide bonds. The molecular weight excluding hydrogens is 520 g/mol. The van der Waals surface area contributed by atoms with Gasteiger partial charge in [-0.2, -0.15) is 0 Å². The highest BCUT2D eigenvalue weighted by Crippen LogP contribution is 2.38. The van der Waals surface area contributed by atoms with E-state index in [0.717, 1.165) is 22.3 Å². The van der Waals surface area contributed by atoms with E-state index in [1.54, 1.807) is 0 Å². The van der Waals surface area contributed by atoms with Gasteiger partial charge in [0.15, 0.2) is 0 Å². The fourth-order valence-corrected chi connectivity index (χ4v) is 6.76. The van der Waals surface area contributed by atoms with Gasteiger partial charge in [-0.3, -0.25) is 0 Å². The quantitative estimate of drug-likeness (QED) is 0.201. The summed E-state index contributed by atoms with van der Waals surface area (Å²) in [6.45, 7) is 0. The van der Waals surface area contributed by atoms with E-state index in [1.807, 2.05) is 0 Å². The third kappa shape index (κ3) is 3.86. The minimum Gasteiger partial charge on any atom is -0.456 e. The van der Waals surface area contributed by atoms with Crippen LogP contribution in [-0.4, -0.2) is 0 Å². The first kappa shape index (κ1) is 24.0. The van der Waals surface area contributed by atoms with Gasteiger partial charge in [-0.05, 0) is 95.7 Å². The molecule has 0 N–H and O–H groups in total. The van der Waals surface area contributed by atoms with Crippen LogP contribution < -0.4 is 0 Å². The summed E-state index contributed by atoms with van der Waals surface area (Å²) in [7, 11) is 0. The number of hydrogen-bond acceptors (Lipinski definition) is 1. The molecule has 200 valence electrons. The highest BCUT2D eigenvalue weighted by Gasteiger charge is 2.12. The Kier molecular flexibility index (Phi) is 5.27. The van der Waals surface area contributed by atoms with Crippen molar-refractivity contribution in [1.82, 2.24) is 0 Å². The van der Waals surface area contributed by atoms with Crippen LogP contribution in [0.1, 0.15) is 0 Å². The number of rotatable bonds is 3. The SMILES string of the molecule is c1cc(-c2ccc3oc(-c4cccc5ccccc45)cc3c2)cc(-c2ccc3c4ccccc4c4ccccc4c3c2)c1. The summed E-state index contributed by atoms with van der Waals surface area (Å²) in [5.74, 6) is 0.897. The minimum absolute atomic E-state index is 0.897. The maximum Gasteiger partial charge on any atom is 0.136 e. The lowest BCUT2D eigenvalue weighted by molar-refractivity contribution is 0.632. The van der Waals surface area contributed by atoms with Crippen LogP contribution >= 0.6 is 0 Å². The highest BCUT2D eigenvalue weighted by molar-refractivity contribution is 6.25. The zero-order valence-electron chi connectivity index (χ0n) is 23.4. The van der Waals surface area contributed by atoms with Crippen LogP contribution in [0.5, 0.6) is 0 Å². The standard InChI is InChI=1S/C42H26O/c1-2-13-33-27(9-1)10-8-18-39(33)42-26-32-24-30(20-22-41(32)43-42)28-11-7-12-29(23-28)31-19-21-38-36-16-4-3-14-34(36)35-15-5-6-17-37(35)40(38)25-31/h1-26H. The molecule has 1 heterocycles. The molecule has 0 aliphatic heterocycles. The molecule has 1 heteroatoms. The summed E-state index contributed by atoms with van der Waals surface area (Å²) in [5, 5.41) is 11.3. The van der Waals surface area contributed by atoms with Gasteiger partial charge in [0.1, 0.15) is 11.3 Å². The Morgan fingerprint density at radius 3 is 1.58 bits per heavy atom. The molecule has 1 nitrogen and oxygen atoms in total. The van der Waals surface area contributed by atoms with Gasteiger partial charge >= 0.3 is 0 Å². The van der Waals surface area contributed by atoms with E-state index in [9.17, 15) is 0 Å². The predicted molar refractivity (Wildman–Crippen MR) is 183 cm³/mol. The van der Waals surface area contributed by atoms with Crippen LogP contribution in [-0.2, 0) is 0 Å². The van der Waals surface area contributed by atoms with Crippen molar-refractivity contribution in [2.45, 2.75) is 0 Å². The van der Waals surface area contributed by atoms with Gasteiger partial charge in [-0.15, -0.1) is 0 Å². The number of furan rings is 1. The van der Waals surface area contributed by atoms with E-state index in [1.165, 1.54) is 65.3 Å². The Balaban J connectivity index is 1.14. The van der Waals surface area contributed by atoms with E-state index < -0.39 is 0 Å². The number of benzene rings is 8. The summed E-state index contributed by atoms with van der Waals surface area (Å²) in [6, 6.07) is 56.8. The molecule has 0 spiro atoms. The van der Waals surface area contributed by atoms with Crippen LogP contribution in [0.15, 0.2) is 162 Å². The Hall–Kier alpha value is -5.66. The van der Waals surface area contributed by atoms with Crippen molar-refractivity contribution >= 4 is 54.1 Å². The second-order valence-electron chi connectivity index (χ2n) is 11.3. The van der Waals surface area contributed by atoms with Crippen molar-refractivity contribution < 1.29 is 4.42 Å². The minimum atomic E-state index is 0.897. The summed E-state index contributed by atoms with van der Waals surface area (Å²) in [4.78, 5) is 0. The molecule has 0 saturated carbocycles. The van der Waals surface area contributed by atoms with Crippen molar-refractivity contribution in [3.63, 3.8) is 0 Å². The predicted octanol–water partition coefficient (Wildman–Crippen LogP) is 12.0. The highest BCUT2D eigenvalue weighted by atomic mass is 16.3. The van der Waals surface area contributed by atoms with Gasteiger partial charge in [0.05, 0.1) is 0 Å². The van der Waals surface area contributed by atoms with E-state index in [4.69, 9.17) is 4.42 Å². The lowest BCUT2D eigenvalue weighted by Gasteiger charge is -2.12.